The zero-order valence-corrected chi connectivity index (χ0v) is 12.1. The van der Waals surface area contributed by atoms with Gasteiger partial charge < -0.3 is 15.6 Å². The number of aliphatic hydroxyl groups is 1. The predicted octanol–water partition coefficient (Wildman–Crippen LogP) is 1.03. The van der Waals surface area contributed by atoms with Gasteiger partial charge in [0.2, 0.25) is 0 Å². The molecule has 2 unspecified atom stereocenters. The first kappa shape index (κ1) is 15.1. The predicted molar refractivity (Wildman–Crippen MR) is 75.0 cm³/mol. The first-order chi connectivity index (χ1) is 9.53. The molecular formula is C11H10F2IN3O3. The van der Waals surface area contributed by atoms with E-state index in [1.165, 1.54) is 6.20 Å². The number of hydrogen-bond donors (Lipinski definition) is 2. The van der Waals surface area contributed by atoms with Gasteiger partial charge in [0.15, 0.2) is 6.23 Å². The molecular weight excluding hydrogens is 387 g/mol. The molecule has 0 radical (unpaired) electrons. The molecule has 0 aliphatic carbocycles. The molecule has 3 N–H and O–H groups in total. The minimum absolute atomic E-state index is 0.0376. The highest BCUT2D eigenvalue weighted by Crippen LogP contribution is 2.38. The molecule has 1 aromatic heterocycles. The van der Waals surface area contributed by atoms with Crippen molar-refractivity contribution in [2.45, 2.75) is 12.3 Å². The van der Waals surface area contributed by atoms with Crippen LogP contribution in [0.1, 0.15) is 6.23 Å². The first-order valence-corrected chi connectivity index (χ1v) is 6.52. The van der Waals surface area contributed by atoms with Crippen LogP contribution in [0, 0.1) is 3.57 Å². The Morgan fingerprint density at radius 3 is 2.70 bits per heavy atom. The lowest BCUT2D eigenvalue weighted by atomic mass is 10.1. The van der Waals surface area contributed by atoms with Gasteiger partial charge in [0, 0.05) is 17.3 Å². The first-order valence-electron chi connectivity index (χ1n) is 5.44. The fourth-order valence-corrected chi connectivity index (χ4v) is 2.28. The normalized spacial score (nSPS) is 26.6. The van der Waals surface area contributed by atoms with Crippen LogP contribution in [0.4, 0.5) is 14.6 Å². The minimum Gasteiger partial charge on any atom is -0.393 e. The number of ether oxygens (including phenoxy) is 1. The van der Waals surface area contributed by atoms with Crippen LogP contribution in [0.2, 0.25) is 0 Å². The topological polar surface area (TPSA) is 90.4 Å². The van der Waals surface area contributed by atoms with Crippen molar-refractivity contribution in [3.8, 4) is 0 Å². The van der Waals surface area contributed by atoms with Crippen molar-refractivity contribution in [2.24, 2.45) is 0 Å². The number of hydrogen-bond acceptors (Lipinski definition) is 5. The van der Waals surface area contributed by atoms with E-state index < -0.39 is 24.6 Å². The van der Waals surface area contributed by atoms with Crippen LogP contribution in [-0.2, 0) is 4.74 Å². The van der Waals surface area contributed by atoms with Crippen LogP contribution in [0.3, 0.4) is 0 Å². The van der Waals surface area contributed by atoms with Crippen molar-refractivity contribution >= 4 is 28.4 Å². The van der Waals surface area contributed by atoms with Crippen LogP contribution < -0.4 is 11.4 Å². The smallest absolute Gasteiger partial charge is 0.351 e. The molecule has 1 aliphatic heterocycles. The van der Waals surface area contributed by atoms with Gasteiger partial charge in [-0.2, -0.15) is 4.98 Å². The molecule has 1 fully saturated rings. The van der Waals surface area contributed by atoms with E-state index >= 15 is 0 Å². The summed E-state index contributed by atoms with van der Waals surface area (Å²) in [5.74, 6) is 0.0376. The summed E-state index contributed by atoms with van der Waals surface area (Å²) in [6, 6.07) is 0. The van der Waals surface area contributed by atoms with Gasteiger partial charge in [0.1, 0.15) is 11.9 Å². The lowest BCUT2D eigenvalue weighted by Crippen LogP contribution is -2.29. The molecule has 1 aromatic rings. The summed E-state index contributed by atoms with van der Waals surface area (Å²) in [7, 11) is 0. The Morgan fingerprint density at radius 1 is 1.50 bits per heavy atom. The second-order valence-electron chi connectivity index (χ2n) is 3.95. The van der Waals surface area contributed by atoms with Crippen LogP contribution >= 0.6 is 22.6 Å². The molecule has 2 atom stereocenters. The second kappa shape index (κ2) is 5.97. The highest BCUT2D eigenvalue weighted by atomic mass is 127. The van der Waals surface area contributed by atoms with Gasteiger partial charge in [-0.1, -0.05) is 0 Å². The van der Waals surface area contributed by atoms with Gasteiger partial charge in [-0.15, -0.1) is 0 Å². The van der Waals surface area contributed by atoms with Crippen LogP contribution in [-0.4, -0.2) is 27.4 Å². The summed E-state index contributed by atoms with van der Waals surface area (Å²) >= 11 is 1.85. The summed E-state index contributed by atoms with van der Waals surface area (Å²) < 4.78 is 32.6. The van der Waals surface area contributed by atoms with E-state index in [1.54, 1.807) is 0 Å². The molecule has 1 saturated heterocycles. The van der Waals surface area contributed by atoms with Gasteiger partial charge in [0.05, 0.1) is 22.8 Å². The van der Waals surface area contributed by atoms with Crippen molar-refractivity contribution in [2.75, 3.05) is 12.3 Å². The van der Waals surface area contributed by atoms with E-state index in [4.69, 9.17) is 15.6 Å². The maximum Gasteiger partial charge on any atom is 0.351 e. The third-order valence-corrected chi connectivity index (χ3v) is 3.66. The summed E-state index contributed by atoms with van der Waals surface area (Å²) in [4.78, 5) is 15.4. The average Bonchev–Trinajstić information content (AvgIpc) is 2.80. The van der Waals surface area contributed by atoms with Crippen molar-refractivity contribution in [1.29, 1.82) is 0 Å². The number of nitrogens with zero attached hydrogens (tertiary/aromatic N) is 2. The van der Waals surface area contributed by atoms with Crippen LogP contribution in [0.15, 0.2) is 34.8 Å². The fourth-order valence-electron chi connectivity index (χ4n) is 1.86. The van der Waals surface area contributed by atoms with Crippen LogP contribution in [0.5, 0.6) is 0 Å². The van der Waals surface area contributed by atoms with Gasteiger partial charge in [-0.3, -0.25) is 4.57 Å². The van der Waals surface area contributed by atoms with Gasteiger partial charge in [-0.25, -0.2) is 13.6 Å². The van der Waals surface area contributed by atoms with E-state index in [0.29, 0.717) is 3.57 Å². The summed E-state index contributed by atoms with van der Waals surface area (Å²) in [5, 5.41) is 9.11. The van der Waals surface area contributed by atoms with Gasteiger partial charge >= 0.3 is 5.69 Å². The Bertz CT molecular complexity index is 644. The van der Waals surface area contributed by atoms with Crippen molar-refractivity contribution in [3.63, 3.8) is 0 Å². The molecule has 108 valence electrons. The number of aromatic nitrogens is 2. The minimum atomic E-state index is -1.20. The third-order valence-electron chi connectivity index (χ3n) is 2.83. The summed E-state index contributed by atoms with van der Waals surface area (Å²) in [6.07, 6.45) is -0.633. The molecule has 1 aliphatic rings. The molecule has 0 saturated carbocycles. The Kier molecular flexibility index (Phi) is 4.50. The molecule has 20 heavy (non-hydrogen) atoms. The molecule has 9 heteroatoms. The Hall–Kier alpha value is -1.33. The average molecular weight is 397 g/mol. The molecule has 0 bridgehead atoms. The van der Waals surface area contributed by atoms with E-state index in [0.717, 1.165) is 4.57 Å². The zero-order valence-electron chi connectivity index (χ0n) is 9.96. The number of aliphatic hydroxyl groups excluding tert-OH is 1. The maximum absolute atomic E-state index is 13.0. The third kappa shape index (κ3) is 2.47. The maximum atomic E-state index is 13.0. The largest absolute Gasteiger partial charge is 0.393 e. The van der Waals surface area contributed by atoms with E-state index in [9.17, 15) is 13.6 Å². The van der Waals surface area contributed by atoms with Gasteiger partial charge in [0.25, 0.3) is 0 Å². The van der Waals surface area contributed by atoms with E-state index in [2.05, 4.69) is 4.98 Å². The number of nitrogens with two attached hydrogens (primary N) is 1. The Labute approximate surface area is 125 Å². The Morgan fingerprint density at radius 2 is 2.15 bits per heavy atom. The Balaban J connectivity index is 2.53. The summed E-state index contributed by atoms with van der Waals surface area (Å²) in [6.45, 7) is -0.544. The fraction of sp³-hybridized carbons (Fsp3) is 0.273. The lowest BCUT2D eigenvalue weighted by Gasteiger charge is -2.15. The number of anilines is 1. The van der Waals surface area contributed by atoms with E-state index in [-0.39, 0.29) is 29.6 Å². The molecule has 0 spiro atoms. The van der Waals surface area contributed by atoms with Gasteiger partial charge in [-0.05, 0) is 22.6 Å². The SMILES string of the molecule is Nc1nc(=O)n(C2OC(CO)C(=C/F)/C2=C\F)cc1I. The summed E-state index contributed by atoms with van der Waals surface area (Å²) in [5.41, 5.74) is 4.39. The quantitative estimate of drug-likeness (QED) is 0.728. The van der Waals surface area contributed by atoms with E-state index in [1.807, 2.05) is 22.6 Å². The van der Waals surface area contributed by atoms with Crippen LogP contribution in [0.25, 0.3) is 0 Å². The number of nitrogen functional groups attached to an aromatic ring is 1. The molecule has 6 nitrogen and oxygen atoms in total. The molecule has 2 heterocycles. The van der Waals surface area contributed by atoms with Crippen molar-refractivity contribution in [3.05, 3.63) is 44.1 Å². The molecule has 0 aromatic carbocycles. The monoisotopic (exact) mass is 397 g/mol. The zero-order chi connectivity index (χ0) is 14.9. The number of halogens is 3. The molecule has 2 rings (SSSR count). The highest BCUT2D eigenvalue weighted by molar-refractivity contribution is 14.1. The molecule has 0 amide bonds. The second-order valence-corrected chi connectivity index (χ2v) is 5.11. The van der Waals surface area contributed by atoms with Crippen molar-refractivity contribution < 1.29 is 18.6 Å². The lowest BCUT2D eigenvalue weighted by molar-refractivity contribution is -0.00867. The highest BCUT2D eigenvalue weighted by Gasteiger charge is 2.37. The number of rotatable bonds is 2. The standard InChI is InChI=1S/C11H10F2IN3O3/c12-1-5-6(2-13)10(20-8(5)4-18)17-3-7(14)9(15)16-11(17)19/h1-3,8,10,18H,4H2,(H2,15,16,19)/b5-1+,6-2+. The van der Waals surface area contributed by atoms with Crippen molar-refractivity contribution in [1.82, 2.24) is 9.55 Å².